The van der Waals surface area contributed by atoms with Crippen molar-refractivity contribution >= 4 is 17.6 Å². The number of unbranched alkanes of at least 4 members (excludes halogenated alkanes) is 1. The van der Waals surface area contributed by atoms with Gasteiger partial charge in [-0.05, 0) is 24.6 Å². The molecule has 0 heterocycles. The lowest BCUT2D eigenvalue weighted by Crippen LogP contribution is -2.39. The van der Waals surface area contributed by atoms with Gasteiger partial charge in [0.25, 0.3) is 0 Å². The minimum atomic E-state index is -0.409. The van der Waals surface area contributed by atoms with E-state index >= 15 is 0 Å². The van der Waals surface area contributed by atoms with Gasteiger partial charge in [-0.2, -0.15) is 0 Å². The zero-order valence-electron chi connectivity index (χ0n) is 11.8. The predicted octanol–water partition coefficient (Wildman–Crippen LogP) is 3.30. The van der Waals surface area contributed by atoms with Crippen molar-refractivity contribution in [2.45, 2.75) is 19.8 Å². The van der Waals surface area contributed by atoms with Crippen LogP contribution in [0.15, 0.2) is 18.2 Å². The molecule has 1 rings (SSSR count). The lowest BCUT2D eigenvalue weighted by Gasteiger charge is -2.17. The summed E-state index contributed by atoms with van der Waals surface area (Å²) >= 11 is 5.82. The molecule has 6 heteroatoms. The highest BCUT2D eigenvalue weighted by atomic mass is 35.5. The molecule has 0 saturated heterocycles. The van der Waals surface area contributed by atoms with E-state index in [1.54, 1.807) is 11.9 Å². The second-order valence-corrected chi connectivity index (χ2v) is 4.84. The third kappa shape index (κ3) is 5.65. The molecule has 0 bridgehead atoms. The summed E-state index contributed by atoms with van der Waals surface area (Å²) in [6.45, 7) is 3.45. The second kappa shape index (κ2) is 8.64. The lowest BCUT2D eigenvalue weighted by atomic mass is 10.3. The first-order valence-electron chi connectivity index (χ1n) is 6.61. The average molecular weight is 303 g/mol. The normalized spacial score (nSPS) is 10.2. The van der Waals surface area contributed by atoms with Crippen LogP contribution in [0.5, 0.6) is 5.75 Å². The molecule has 112 valence electrons. The van der Waals surface area contributed by atoms with Gasteiger partial charge < -0.3 is 15.0 Å². The Kier molecular flexibility index (Phi) is 7.15. The van der Waals surface area contributed by atoms with Gasteiger partial charge in [0.1, 0.15) is 18.2 Å². The van der Waals surface area contributed by atoms with E-state index in [1.807, 2.05) is 0 Å². The summed E-state index contributed by atoms with van der Waals surface area (Å²) in [5.41, 5.74) is 0. The summed E-state index contributed by atoms with van der Waals surface area (Å²) in [6, 6.07) is 3.80. The van der Waals surface area contributed by atoms with Gasteiger partial charge in [0.15, 0.2) is 0 Å². The Morgan fingerprint density at radius 3 is 2.90 bits per heavy atom. The van der Waals surface area contributed by atoms with E-state index in [4.69, 9.17) is 16.3 Å². The first-order valence-corrected chi connectivity index (χ1v) is 6.99. The van der Waals surface area contributed by atoms with Crippen molar-refractivity contribution in [3.63, 3.8) is 0 Å². The maximum absolute atomic E-state index is 12.8. The first-order chi connectivity index (χ1) is 9.54. The third-order valence-electron chi connectivity index (χ3n) is 2.72. The number of urea groups is 1. The number of carbonyl (C=O) groups is 1. The maximum Gasteiger partial charge on any atom is 0.317 e. The number of nitrogens with zero attached hydrogens (tertiary/aromatic N) is 1. The number of amides is 2. The third-order valence-corrected chi connectivity index (χ3v) is 3.02. The van der Waals surface area contributed by atoms with Crippen molar-refractivity contribution in [2.75, 3.05) is 26.7 Å². The van der Waals surface area contributed by atoms with Crippen LogP contribution in [0, 0.1) is 5.82 Å². The zero-order valence-corrected chi connectivity index (χ0v) is 12.5. The van der Waals surface area contributed by atoms with Crippen LogP contribution in [-0.2, 0) is 0 Å². The number of carbonyl (C=O) groups excluding carboxylic acids is 1. The number of halogens is 2. The SMILES string of the molecule is CCCCN(C)C(=O)NCCOc1ccc(F)cc1Cl. The molecule has 0 aromatic heterocycles. The zero-order chi connectivity index (χ0) is 15.0. The van der Waals surface area contributed by atoms with Gasteiger partial charge in [0, 0.05) is 13.6 Å². The van der Waals surface area contributed by atoms with Crippen molar-refractivity contribution in [2.24, 2.45) is 0 Å². The molecule has 0 saturated carbocycles. The van der Waals surface area contributed by atoms with Crippen LogP contribution >= 0.6 is 11.6 Å². The average Bonchev–Trinajstić information content (AvgIpc) is 2.42. The van der Waals surface area contributed by atoms with Crippen LogP contribution in [0.1, 0.15) is 19.8 Å². The monoisotopic (exact) mass is 302 g/mol. The highest BCUT2D eigenvalue weighted by Gasteiger charge is 2.07. The van der Waals surface area contributed by atoms with Crippen LogP contribution in [0.3, 0.4) is 0 Å². The number of hydrogen-bond acceptors (Lipinski definition) is 2. The molecule has 0 unspecified atom stereocenters. The predicted molar refractivity (Wildman–Crippen MR) is 77.8 cm³/mol. The fraction of sp³-hybridized carbons (Fsp3) is 0.500. The Morgan fingerprint density at radius 1 is 1.50 bits per heavy atom. The van der Waals surface area contributed by atoms with E-state index in [-0.39, 0.29) is 17.7 Å². The quantitative estimate of drug-likeness (QED) is 0.785. The van der Waals surface area contributed by atoms with Gasteiger partial charge in [0.2, 0.25) is 0 Å². The van der Waals surface area contributed by atoms with Gasteiger partial charge in [-0.3, -0.25) is 0 Å². The highest BCUT2D eigenvalue weighted by molar-refractivity contribution is 6.32. The van der Waals surface area contributed by atoms with E-state index in [9.17, 15) is 9.18 Å². The number of benzene rings is 1. The van der Waals surface area contributed by atoms with Gasteiger partial charge >= 0.3 is 6.03 Å². The summed E-state index contributed by atoms with van der Waals surface area (Å²) < 4.78 is 18.2. The number of hydrogen-bond donors (Lipinski definition) is 1. The molecule has 1 aromatic rings. The van der Waals surface area contributed by atoms with Crippen LogP contribution in [0.4, 0.5) is 9.18 Å². The van der Waals surface area contributed by atoms with Crippen molar-refractivity contribution in [1.29, 1.82) is 0 Å². The molecule has 0 radical (unpaired) electrons. The number of nitrogens with one attached hydrogen (secondary N) is 1. The van der Waals surface area contributed by atoms with E-state index < -0.39 is 5.82 Å². The van der Waals surface area contributed by atoms with Crippen LogP contribution < -0.4 is 10.1 Å². The van der Waals surface area contributed by atoms with Gasteiger partial charge in [-0.15, -0.1) is 0 Å². The Morgan fingerprint density at radius 2 is 2.25 bits per heavy atom. The molecule has 0 aliphatic heterocycles. The molecule has 0 aliphatic rings. The minimum Gasteiger partial charge on any atom is -0.490 e. The van der Waals surface area contributed by atoms with Crippen molar-refractivity contribution < 1.29 is 13.9 Å². The molecule has 20 heavy (non-hydrogen) atoms. The Bertz CT molecular complexity index is 443. The Labute approximate surface area is 123 Å². The maximum atomic E-state index is 12.8. The molecular formula is C14H20ClFN2O2. The topological polar surface area (TPSA) is 41.6 Å². The summed E-state index contributed by atoms with van der Waals surface area (Å²) in [5, 5.41) is 2.96. The van der Waals surface area contributed by atoms with Crippen molar-refractivity contribution in [1.82, 2.24) is 10.2 Å². The van der Waals surface area contributed by atoms with Gasteiger partial charge in [-0.1, -0.05) is 24.9 Å². The Hall–Kier alpha value is -1.49. The molecular weight excluding hydrogens is 283 g/mol. The summed E-state index contributed by atoms with van der Waals surface area (Å²) in [5.74, 6) is -0.00476. The second-order valence-electron chi connectivity index (χ2n) is 4.43. The molecule has 1 aromatic carbocycles. The molecule has 0 spiro atoms. The van der Waals surface area contributed by atoms with E-state index in [2.05, 4.69) is 12.2 Å². The van der Waals surface area contributed by atoms with Gasteiger partial charge in [-0.25, -0.2) is 9.18 Å². The fourth-order valence-corrected chi connectivity index (χ4v) is 1.76. The van der Waals surface area contributed by atoms with Crippen LogP contribution in [0.25, 0.3) is 0 Å². The Balaban J connectivity index is 2.26. The summed E-state index contributed by atoms with van der Waals surface area (Å²) in [7, 11) is 1.75. The molecule has 0 aliphatic carbocycles. The van der Waals surface area contributed by atoms with Crippen molar-refractivity contribution in [3.05, 3.63) is 29.0 Å². The molecule has 4 nitrogen and oxygen atoms in total. The standard InChI is InChI=1S/C14H20ClFN2O2/c1-3-4-8-18(2)14(19)17-7-9-20-13-6-5-11(16)10-12(13)15/h5-6,10H,3-4,7-9H2,1-2H3,(H,17,19). The smallest absolute Gasteiger partial charge is 0.317 e. The summed E-state index contributed by atoms with van der Waals surface area (Å²) in [6.07, 6.45) is 2.02. The highest BCUT2D eigenvalue weighted by Crippen LogP contribution is 2.24. The minimum absolute atomic E-state index is 0.132. The lowest BCUT2D eigenvalue weighted by molar-refractivity contribution is 0.204. The van der Waals surface area contributed by atoms with E-state index in [1.165, 1.54) is 18.2 Å². The fourth-order valence-electron chi connectivity index (χ4n) is 1.54. The molecule has 2 amide bonds. The number of ether oxygens (including phenoxy) is 1. The van der Waals surface area contributed by atoms with Gasteiger partial charge in [0.05, 0.1) is 11.6 Å². The van der Waals surface area contributed by atoms with E-state index in [0.29, 0.717) is 12.3 Å². The van der Waals surface area contributed by atoms with Crippen LogP contribution in [-0.4, -0.2) is 37.7 Å². The van der Waals surface area contributed by atoms with Crippen molar-refractivity contribution in [3.8, 4) is 5.75 Å². The molecule has 0 atom stereocenters. The summed E-state index contributed by atoms with van der Waals surface area (Å²) in [4.78, 5) is 13.3. The largest absolute Gasteiger partial charge is 0.490 e. The van der Waals surface area contributed by atoms with E-state index in [0.717, 1.165) is 19.4 Å². The molecule has 0 fully saturated rings. The van der Waals surface area contributed by atoms with Crippen LogP contribution in [0.2, 0.25) is 5.02 Å². The number of rotatable bonds is 7. The first kappa shape index (κ1) is 16.6. The molecule has 1 N–H and O–H groups in total.